The highest BCUT2D eigenvalue weighted by molar-refractivity contribution is 9.10. The molecular formula is C15H11BrO2. The molecule has 0 atom stereocenters. The first-order valence-corrected chi connectivity index (χ1v) is 6.60. The van der Waals surface area contributed by atoms with E-state index in [4.69, 9.17) is 4.74 Å². The maximum absolute atomic E-state index is 12.4. The lowest BCUT2D eigenvalue weighted by Crippen LogP contribution is -2.02. The minimum absolute atomic E-state index is 0.0391. The van der Waals surface area contributed by atoms with E-state index in [-0.39, 0.29) is 5.78 Å². The molecule has 0 spiro atoms. The van der Waals surface area contributed by atoms with E-state index < -0.39 is 0 Å². The lowest BCUT2D eigenvalue weighted by Gasteiger charge is -2.05. The van der Waals surface area contributed by atoms with Gasteiger partial charge in [-0.2, -0.15) is 0 Å². The molecule has 0 amide bonds. The highest BCUT2D eigenvalue weighted by Gasteiger charge is 2.17. The van der Waals surface area contributed by atoms with Crippen LogP contribution in [-0.2, 0) is 6.42 Å². The van der Waals surface area contributed by atoms with Crippen molar-refractivity contribution in [1.29, 1.82) is 0 Å². The Hall–Kier alpha value is -1.61. The second-order valence-electron chi connectivity index (χ2n) is 4.23. The number of ketones is 1. The molecule has 0 aromatic heterocycles. The zero-order valence-electron chi connectivity index (χ0n) is 9.65. The molecule has 0 saturated carbocycles. The number of hydrogen-bond acceptors (Lipinski definition) is 2. The van der Waals surface area contributed by atoms with Crippen LogP contribution < -0.4 is 4.74 Å². The van der Waals surface area contributed by atoms with E-state index >= 15 is 0 Å². The lowest BCUT2D eigenvalue weighted by atomic mass is 10.0. The lowest BCUT2D eigenvalue weighted by molar-refractivity contribution is 0.103. The summed E-state index contributed by atoms with van der Waals surface area (Å²) in [6, 6.07) is 13.1. The average Bonchev–Trinajstić information content (AvgIpc) is 2.85. The van der Waals surface area contributed by atoms with Crippen LogP contribution in [0.15, 0.2) is 46.9 Å². The van der Waals surface area contributed by atoms with Gasteiger partial charge in [0.25, 0.3) is 0 Å². The normalized spacial score (nSPS) is 12.9. The van der Waals surface area contributed by atoms with Crippen LogP contribution in [-0.4, -0.2) is 12.4 Å². The van der Waals surface area contributed by atoms with Gasteiger partial charge >= 0.3 is 0 Å². The van der Waals surface area contributed by atoms with Gasteiger partial charge in [0.05, 0.1) is 6.61 Å². The van der Waals surface area contributed by atoms with Gasteiger partial charge in [0, 0.05) is 22.0 Å². The number of carbonyl (C=O) groups is 1. The monoisotopic (exact) mass is 302 g/mol. The Kier molecular flexibility index (Phi) is 2.92. The van der Waals surface area contributed by atoms with Crippen LogP contribution in [0.4, 0.5) is 0 Å². The molecular weight excluding hydrogens is 292 g/mol. The summed E-state index contributed by atoms with van der Waals surface area (Å²) in [5.41, 5.74) is 2.52. The highest BCUT2D eigenvalue weighted by atomic mass is 79.9. The Bertz CT molecular complexity index is 620. The van der Waals surface area contributed by atoms with Gasteiger partial charge in [0.2, 0.25) is 0 Å². The fraction of sp³-hybridized carbons (Fsp3) is 0.133. The zero-order chi connectivity index (χ0) is 12.5. The van der Waals surface area contributed by atoms with Crippen molar-refractivity contribution < 1.29 is 9.53 Å². The number of benzene rings is 2. The van der Waals surface area contributed by atoms with Crippen molar-refractivity contribution in [1.82, 2.24) is 0 Å². The molecule has 1 aliphatic heterocycles. The largest absolute Gasteiger partial charge is 0.493 e. The first-order chi connectivity index (χ1) is 8.75. The number of fused-ring (bicyclic) bond motifs is 1. The predicted octanol–water partition coefficient (Wildman–Crippen LogP) is 3.62. The summed E-state index contributed by atoms with van der Waals surface area (Å²) in [4.78, 5) is 12.4. The third-order valence-electron chi connectivity index (χ3n) is 3.07. The molecule has 18 heavy (non-hydrogen) atoms. The van der Waals surface area contributed by atoms with E-state index in [0.717, 1.165) is 22.2 Å². The van der Waals surface area contributed by atoms with E-state index in [1.54, 1.807) is 0 Å². The fourth-order valence-corrected chi connectivity index (χ4v) is 2.59. The van der Waals surface area contributed by atoms with Crippen molar-refractivity contribution in [3.63, 3.8) is 0 Å². The number of rotatable bonds is 2. The Morgan fingerprint density at radius 3 is 2.83 bits per heavy atom. The second kappa shape index (κ2) is 4.58. The Morgan fingerprint density at radius 2 is 2.00 bits per heavy atom. The SMILES string of the molecule is O=C(c1ccc2c(c1)CCO2)c1ccccc1Br. The maximum Gasteiger partial charge on any atom is 0.194 e. The van der Waals surface area contributed by atoms with E-state index in [2.05, 4.69) is 15.9 Å². The smallest absolute Gasteiger partial charge is 0.194 e. The molecule has 0 aliphatic carbocycles. The van der Waals surface area contributed by atoms with Gasteiger partial charge in [0.1, 0.15) is 5.75 Å². The second-order valence-corrected chi connectivity index (χ2v) is 5.08. The van der Waals surface area contributed by atoms with Gasteiger partial charge in [-0.15, -0.1) is 0 Å². The van der Waals surface area contributed by atoms with Crippen LogP contribution in [0, 0.1) is 0 Å². The van der Waals surface area contributed by atoms with Crippen molar-refractivity contribution in [3.8, 4) is 5.75 Å². The number of carbonyl (C=O) groups excluding carboxylic acids is 1. The minimum atomic E-state index is 0.0391. The molecule has 0 fully saturated rings. The summed E-state index contributed by atoms with van der Waals surface area (Å²) >= 11 is 3.41. The van der Waals surface area contributed by atoms with Gasteiger partial charge in [-0.3, -0.25) is 4.79 Å². The van der Waals surface area contributed by atoms with Crippen LogP contribution in [0.3, 0.4) is 0 Å². The van der Waals surface area contributed by atoms with Crippen molar-refractivity contribution >= 4 is 21.7 Å². The molecule has 3 heteroatoms. The summed E-state index contributed by atoms with van der Waals surface area (Å²) in [6.07, 6.45) is 0.881. The molecule has 0 unspecified atom stereocenters. The molecule has 0 N–H and O–H groups in total. The number of halogens is 1. The highest BCUT2D eigenvalue weighted by Crippen LogP contribution is 2.27. The first kappa shape index (κ1) is 11.5. The summed E-state index contributed by atoms with van der Waals surface area (Å²) in [5.74, 6) is 0.941. The van der Waals surface area contributed by atoms with Crippen LogP contribution in [0.2, 0.25) is 0 Å². The van der Waals surface area contributed by atoms with E-state index in [1.807, 2.05) is 42.5 Å². The molecule has 1 heterocycles. The minimum Gasteiger partial charge on any atom is -0.493 e. The standard InChI is InChI=1S/C15H11BrO2/c16-13-4-2-1-3-12(13)15(17)11-5-6-14-10(9-11)7-8-18-14/h1-6,9H,7-8H2. The first-order valence-electron chi connectivity index (χ1n) is 5.80. The molecule has 2 nitrogen and oxygen atoms in total. The van der Waals surface area contributed by atoms with Gasteiger partial charge in [0.15, 0.2) is 5.78 Å². The van der Waals surface area contributed by atoms with Gasteiger partial charge in [-0.1, -0.05) is 28.1 Å². The molecule has 0 radical (unpaired) electrons. The fourth-order valence-electron chi connectivity index (χ4n) is 2.13. The molecule has 3 rings (SSSR count). The third-order valence-corrected chi connectivity index (χ3v) is 3.76. The predicted molar refractivity (Wildman–Crippen MR) is 73.2 cm³/mol. The van der Waals surface area contributed by atoms with E-state index in [1.165, 1.54) is 0 Å². The van der Waals surface area contributed by atoms with E-state index in [0.29, 0.717) is 17.7 Å². The van der Waals surface area contributed by atoms with Crippen molar-refractivity contribution in [2.45, 2.75) is 6.42 Å². The Balaban J connectivity index is 2.01. The Morgan fingerprint density at radius 1 is 1.17 bits per heavy atom. The van der Waals surface area contributed by atoms with Crippen LogP contribution in [0.25, 0.3) is 0 Å². The topological polar surface area (TPSA) is 26.3 Å². The summed E-state index contributed by atoms with van der Waals surface area (Å²) in [5, 5.41) is 0. The summed E-state index contributed by atoms with van der Waals surface area (Å²) < 4.78 is 6.27. The number of ether oxygens (including phenoxy) is 1. The quantitative estimate of drug-likeness (QED) is 0.792. The molecule has 0 bridgehead atoms. The van der Waals surface area contributed by atoms with Crippen LogP contribution in [0.5, 0.6) is 5.75 Å². The maximum atomic E-state index is 12.4. The van der Waals surface area contributed by atoms with Crippen LogP contribution in [0.1, 0.15) is 21.5 Å². The molecule has 2 aromatic carbocycles. The third kappa shape index (κ3) is 1.95. The Labute approximate surface area is 114 Å². The molecule has 90 valence electrons. The summed E-state index contributed by atoms with van der Waals surface area (Å²) in [6.45, 7) is 0.710. The average molecular weight is 303 g/mol. The zero-order valence-corrected chi connectivity index (χ0v) is 11.2. The molecule has 2 aromatic rings. The molecule has 1 aliphatic rings. The van der Waals surface area contributed by atoms with Gasteiger partial charge < -0.3 is 4.74 Å². The van der Waals surface area contributed by atoms with Gasteiger partial charge in [-0.25, -0.2) is 0 Å². The van der Waals surface area contributed by atoms with E-state index in [9.17, 15) is 4.79 Å². The van der Waals surface area contributed by atoms with Crippen molar-refractivity contribution in [2.75, 3.05) is 6.61 Å². The molecule has 0 saturated heterocycles. The summed E-state index contributed by atoms with van der Waals surface area (Å²) in [7, 11) is 0. The van der Waals surface area contributed by atoms with Crippen LogP contribution >= 0.6 is 15.9 Å². The van der Waals surface area contributed by atoms with Gasteiger partial charge in [-0.05, 0) is 35.9 Å². The van der Waals surface area contributed by atoms with Crippen molar-refractivity contribution in [3.05, 3.63) is 63.6 Å². The van der Waals surface area contributed by atoms with Crippen molar-refractivity contribution in [2.24, 2.45) is 0 Å². The number of hydrogen-bond donors (Lipinski definition) is 0.